The molecule has 6 aliphatic heterocycles. The Balaban J connectivity index is 0.000000203. The number of carbonyl (C=O) groups excluding carboxylic acids is 3. The standard InChI is InChI=1S/C35H45N7O5S.C26H28FN5O2.C3H8.C2H6/c1-22-7-12-27(39(22)4)16-46-34(45)41-19-35(20-41)17-40(18-35)30-14-28(47-38-30)15-31(43)42-13-5-6-29(42)33(44)37-23(2)25-8-10-26(11-9-25)32-24(3)36-21-48-32;1-3-15-5-4-6-16-9-20(33)10-17(23(15)16)11-22(27)24-21(12-28-2)25(31-26(34)30-24)32-13-18-7-8-19(14-32)29-18;1-3-2;1-2/h8-11,14,21-23,27,29H,5-7,12-13,15-20H2,1-4H3,(H,37,44);4-6,9-10,12,18-19,29,33H,2-3,7-8,11,13-14H2,1H3,(H,30,34);3H2,1-2H3;1-2H3/b;21-12+,24-22-;;/t22-,23?,27?,29?;;;/m1.../s1. The van der Waals surface area contributed by atoms with Gasteiger partial charge in [-0.15, -0.1) is 11.3 Å². The predicted molar refractivity (Wildman–Crippen MR) is 342 cm³/mol. The van der Waals surface area contributed by atoms with E-state index in [0.717, 1.165) is 89.6 Å². The Hall–Kier alpha value is -7.49. The topological polar surface area (TPSA) is 218 Å². The minimum atomic E-state index is -0.609. The Morgan fingerprint density at radius 2 is 1.70 bits per heavy atom. The van der Waals surface area contributed by atoms with Crippen molar-refractivity contribution in [1.29, 1.82) is 0 Å². The van der Waals surface area contributed by atoms with Crippen LogP contribution in [0.2, 0.25) is 0 Å². The van der Waals surface area contributed by atoms with Crippen LogP contribution in [0.1, 0.15) is 128 Å². The highest BCUT2D eigenvalue weighted by Gasteiger charge is 2.54. The number of aromatic hydroxyl groups is 1. The van der Waals surface area contributed by atoms with Crippen LogP contribution in [0.3, 0.4) is 0 Å². The lowest BCUT2D eigenvalue weighted by Gasteiger charge is -2.59. The van der Waals surface area contributed by atoms with Gasteiger partial charge in [0.15, 0.2) is 5.82 Å². The van der Waals surface area contributed by atoms with E-state index in [1.54, 1.807) is 33.3 Å². The summed E-state index contributed by atoms with van der Waals surface area (Å²) in [5, 5.41) is 23.4. The van der Waals surface area contributed by atoms with Crippen LogP contribution in [0.5, 0.6) is 5.75 Å². The molecule has 6 aromatic rings. The molecule has 0 saturated carbocycles. The average Bonchev–Trinajstić information content (AvgIpc) is 1.79. The van der Waals surface area contributed by atoms with Crippen molar-refractivity contribution in [2.75, 3.05) is 69.3 Å². The number of aromatic nitrogens is 4. The van der Waals surface area contributed by atoms with Crippen molar-refractivity contribution in [3.05, 3.63) is 115 Å². The minimum Gasteiger partial charge on any atom is -0.508 e. The lowest BCUT2D eigenvalue weighted by Crippen LogP contribution is -2.73. The monoisotopic (exact) mass is 1210 g/mol. The number of aryl methyl sites for hydroxylation is 2. The van der Waals surface area contributed by atoms with Crippen LogP contribution < -0.4 is 36.7 Å². The number of H-pyrrole nitrogens is 1. The number of phenolic OH excluding ortho intramolecular Hbond substituents is 1. The lowest BCUT2D eigenvalue weighted by molar-refractivity contribution is -0.138. The SMILES string of the molecule is C=N/C=c1/c(N2CC3CCC(C2)N3)nc(=O)[nH]/c1=C(\F)Cc1cc(O)cc2cccc(CC)c12.CC.CCC.Cc1ncsc1-c1ccc(C(C)NC(=O)C2CCCN2C(=O)Cc2cc(N3CC4(CN(C(=O)OCC5CC[C@@H](C)N5C)C4)C3)no2)cc1. The maximum Gasteiger partial charge on any atom is 0.409 e. The molecule has 2 bridgehead atoms. The highest BCUT2D eigenvalue weighted by molar-refractivity contribution is 7.13. The summed E-state index contributed by atoms with van der Waals surface area (Å²) < 4.78 is 27.1. The molecule has 0 aliphatic carbocycles. The number of thiazole rings is 1. The Morgan fingerprint density at radius 3 is 2.36 bits per heavy atom. The number of benzene rings is 3. The van der Waals surface area contributed by atoms with Crippen molar-refractivity contribution in [2.24, 2.45) is 10.4 Å². The van der Waals surface area contributed by atoms with Crippen molar-refractivity contribution in [3.8, 4) is 16.2 Å². The van der Waals surface area contributed by atoms with Gasteiger partial charge in [0, 0.05) is 94.1 Å². The van der Waals surface area contributed by atoms with Crippen molar-refractivity contribution < 1.29 is 33.1 Å². The highest BCUT2D eigenvalue weighted by Crippen LogP contribution is 2.42. The van der Waals surface area contributed by atoms with Gasteiger partial charge in [0.25, 0.3) is 0 Å². The van der Waals surface area contributed by atoms with E-state index in [1.807, 2.05) is 81.4 Å². The molecule has 5 unspecified atom stereocenters. The summed E-state index contributed by atoms with van der Waals surface area (Å²) in [4.78, 5) is 77.8. The predicted octanol–water partition coefficient (Wildman–Crippen LogP) is 8.59. The quantitative estimate of drug-likeness (QED) is 0.0752. The smallest absolute Gasteiger partial charge is 0.409 e. The summed E-state index contributed by atoms with van der Waals surface area (Å²) in [6.45, 7) is 25.3. The van der Waals surface area contributed by atoms with Gasteiger partial charge in [0.05, 0.1) is 39.1 Å². The van der Waals surface area contributed by atoms with Gasteiger partial charge in [-0.2, -0.15) is 4.98 Å². The minimum absolute atomic E-state index is 0.0539. The molecule has 19 nitrogen and oxygen atoms in total. The number of halogens is 1. The molecule has 87 heavy (non-hydrogen) atoms. The second kappa shape index (κ2) is 28.6. The van der Waals surface area contributed by atoms with E-state index in [1.165, 1.54) is 12.6 Å². The number of ether oxygens (including phenoxy) is 1. The van der Waals surface area contributed by atoms with Crippen LogP contribution in [0.25, 0.3) is 33.2 Å². The number of likely N-dealkylation sites (N-methyl/N-ethyl adjacent to an activating group) is 1. The van der Waals surface area contributed by atoms with Crippen LogP contribution in [-0.2, 0) is 33.6 Å². The van der Waals surface area contributed by atoms with Gasteiger partial charge >= 0.3 is 11.8 Å². The van der Waals surface area contributed by atoms with Crippen molar-refractivity contribution in [1.82, 2.24) is 45.4 Å². The first-order chi connectivity index (χ1) is 42.0. The number of likely N-dealkylation sites (tertiary alicyclic amines) is 3. The lowest BCUT2D eigenvalue weighted by atomic mass is 9.73. The molecule has 6 saturated heterocycles. The van der Waals surface area contributed by atoms with E-state index in [-0.39, 0.29) is 53.3 Å². The Kier molecular flexibility index (Phi) is 21.0. The van der Waals surface area contributed by atoms with E-state index in [9.17, 15) is 24.3 Å². The van der Waals surface area contributed by atoms with Gasteiger partial charge in [-0.05, 0) is 125 Å². The number of aliphatic imine (C=N–C) groups is 1. The first-order valence-electron chi connectivity index (χ1n) is 31.1. The normalized spacial score (nSPS) is 21.8. The molecule has 3 aromatic carbocycles. The molecule has 9 heterocycles. The number of rotatable bonds is 14. The van der Waals surface area contributed by atoms with Crippen molar-refractivity contribution >= 4 is 70.4 Å². The molecule has 0 radical (unpaired) electrons. The maximum absolute atomic E-state index is 15.9. The largest absolute Gasteiger partial charge is 0.508 e. The number of hydrogen-bond acceptors (Lipinski definition) is 16. The van der Waals surface area contributed by atoms with Crippen LogP contribution in [0, 0.1) is 12.3 Å². The molecular weight excluding hydrogens is 1120 g/mol. The summed E-state index contributed by atoms with van der Waals surface area (Å²) in [5.41, 5.74) is 6.14. The maximum atomic E-state index is 15.9. The number of nitrogens with one attached hydrogen (secondary N) is 3. The number of carbonyl (C=O) groups is 3. The van der Waals surface area contributed by atoms with E-state index in [0.29, 0.717) is 98.1 Å². The molecule has 1 spiro atoms. The molecular formula is C66H87FN12O7S. The molecule has 3 amide bonds. The third kappa shape index (κ3) is 14.6. The fourth-order valence-electron chi connectivity index (χ4n) is 13.1. The van der Waals surface area contributed by atoms with Crippen LogP contribution in [-0.4, -0.2) is 154 Å². The third-order valence-electron chi connectivity index (χ3n) is 17.6. The van der Waals surface area contributed by atoms with E-state index < -0.39 is 17.6 Å². The molecule has 21 heteroatoms. The number of hydrogen-bond donors (Lipinski definition) is 4. The second-order valence-electron chi connectivity index (χ2n) is 24.0. The molecule has 6 atom stereocenters. The first kappa shape index (κ1) is 64.0. The third-order valence-corrected chi connectivity index (χ3v) is 18.6. The summed E-state index contributed by atoms with van der Waals surface area (Å²) in [5.74, 6) is 0.877. The number of fused-ring (bicyclic) bond motifs is 3. The van der Waals surface area contributed by atoms with Crippen LogP contribution >= 0.6 is 11.3 Å². The van der Waals surface area contributed by atoms with Crippen molar-refractivity contribution in [2.45, 2.75) is 156 Å². The fraction of sp³-hybridized carbons (Fsp3) is 0.515. The number of nitrogens with zero attached hydrogens (tertiary/aromatic N) is 9. The Labute approximate surface area is 513 Å². The van der Waals surface area contributed by atoms with Crippen molar-refractivity contribution in [3.63, 3.8) is 0 Å². The first-order valence-corrected chi connectivity index (χ1v) is 32.0. The average molecular weight is 1210 g/mol. The number of aromatic amines is 1. The summed E-state index contributed by atoms with van der Waals surface area (Å²) in [6.07, 6.45) is 8.97. The zero-order valence-corrected chi connectivity index (χ0v) is 52.9. The van der Waals surface area contributed by atoms with Gasteiger partial charge in [0.1, 0.15) is 35.8 Å². The van der Waals surface area contributed by atoms with Gasteiger partial charge in [-0.3, -0.25) is 19.5 Å². The molecule has 466 valence electrons. The number of anilines is 2. The Bertz CT molecular complexity index is 3560. The van der Waals surface area contributed by atoms with Gasteiger partial charge < -0.3 is 49.6 Å². The van der Waals surface area contributed by atoms with Crippen LogP contribution in [0.4, 0.5) is 20.8 Å². The number of piperazine rings is 1. The van der Waals surface area contributed by atoms with Crippen LogP contribution in [0.15, 0.2) is 80.5 Å². The molecule has 12 rings (SSSR count). The zero-order chi connectivity index (χ0) is 62.1. The van der Waals surface area contributed by atoms with Gasteiger partial charge in [-0.25, -0.2) is 19.0 Å². The van der Waals surface area contributed by atoms with E-state index in [2.05, 4.69) is 92.2 Å². The molecule has 6 aliphatic rings. The fourth-order valence-corrected chi connectivity index (χ4v) is 13.9. The summed E-state index contributed by atoms with van der Waals surface area (Å²) in [6, 6.07) is 19.9. The van der Waals surface area contributed by atoms with Gasteiger partial charge in [0.2, 0.25) is 11.8 Å². The summed E-state index contributed by atoms with van der Waals surface area (Å²) >= 11 is 1.61. The van der Waals surface area contributed by atoms with E-state index >= 15 is 4.39 Å². The number of phenols is 1. The van der Waals surface area contributed by atoms with Gasteiger partial charge in [-0.1, -0.05) is 88.7 Å². The zero-order valence-electron chi connectivity index (χ0n) is 52.0. The number of amides is 3. The van der Waals surface area contributed by atoms with E-state index in [4.69, 9.17) is 9.26 Å². The molecule has 6 fully saturated rings. The molecule has 4 N–H and O–H groups in total. The highest BCUT2D eigenvalue weighted by atomic mass is 32.1. The summed E-state index contributed by atoms with van der Waals surface area (Å²) in [7, 11) is 2.10. The molecule has 3 aromatic heterocycles. The Morgan fingerprint density at radius 1 is 0.977 bits per heavy atom. The second-order valence-corrected chi connectivity index (χ2v) is 24.9.